The van der Waals surface area contributed by atoms with E-state index in [9.17, 15) is 9.59 Å². The molecule has 0 aliphatic heterocycles. The Morgan fingerprint density at radius 1 is 1.22 bits per heavy atom. The molecule has 1 aromatic carbocycles. The second kappa shape index (κ2) is 7.18. The molecule has 6 heteroatoms. The number of hydrogen-bond donors (Lipinski definition) is 2. The molecule has 0 aliphatic rings. The maximum absolute atomic E-state index is 11.7. The van der Waals surface area contributed by atoms with Gasteiger partial charge in [-0.2, -0.15) is 0 Å². The standard InChI is InChI=1S/C12H12BrClN2O2/c1-8(14)6-15-11(17)7-16-12(18)9-4-2-3-5-10(9)13/h2-5H,1,6-7H2,(H,15,17)(H,16,18). The van der Waals surface area contributed by atoms with Gasteiger partial charge in [-0.25, -0.2) is 0 Å². The minimum atomic E-state index is -0.322. The first-order chi connectivity index (χ1) is 8.50. The Morgan fingerprint density at radius 2 is 1.89 bits per heavy atom. The maximum Gasteiger partial charge on any atom is 0.252 e. The van der Waals surface area contributed by atoms with Crippen molar-refractivity contribution in [3.8, 4) is 0 Å². The zero-order valence-electron chi connectivity index (χ0n) is 9.50. The number of amides is 2. The topological polar surface area (TPSA) is 58.2 Å². The quantitative estimate of drug-likeness (QED) is 0.867. The van der Waals surface area contributed by atoms with Gasteiger partial charge in [-0.05, 0) is 28.1 Å². The number of carbonyl (C=O) groups excluding carboxylic acids is 2. The molecule has 1 aromatic rings. The van der Waals surface area contributed by atoms with Crippen LogP contribution in [0.4, 0.5) is 0 Å². The van der Waals surface area contributed by atoms with Crippen molar-refractivity contribution in [3.63, 3.8) is 0 Å². The molecule has 2 amide bonds. The van der Waals surface area contributed by atoms with Crippen LogP contribution in [0, 0.1) is 0 Å². The van der Waals surface area contributed by atoms with E-state index in [1.54, 1.807) is 24.3 Å². The zero-order chi connectivity index (χ0) is 13.5. The molecule has 0 saturated heterocycles. The molecule has 0 unspecified atom stereocenters. The average Bonchev–Trinajstić information content (AvgIpc) is 2.34. The summed E-state index contributed by atoms with van der Waals surface area (Å²) in [5.41, 5.74) is 0.479. The zero-order valence-corrected chi connectivity index (χ0v) is 11.8. The summed E-state index contributed by atoms with van der Waals surface area (Å²) in [6, 6.07) is 6.97. The number of nitrogens with one attached hydrogen (secondary N) is 2. The van der Waals surface area contributed by atoms with Crippen LogP contribution in [0.1, 0.15) is 10.4 Å². The summed E-state index contributed by atoms with van der Waals surface area (Å²) in [6.45, 7) is 3.52. The van der Waals surface area contributed by atoms with Gasteiger partial charge in [0, 0.05) is 9.51 Å². The molecule has 0 bridgehead atoms. The van der Waals surface area contributed by atoms with Crippen molar-refractivity contribution in [2.75, 3.05) is 13.1 Å². The fourth-order valence-electron chi connectivity index (χ4n) is 1.16. The first-order valence-electron chi connectivity index (χ1n) is 5.13. The molecule has 2 N–H and O–H groups in total. The second-order valence-corrected chi connectivity index (χ2v) is 4.85. The SMILES string of the molecule is C=C(Cl)CNC(=O)CNC(=O)c1ccccc1Br. The Labute approximate surface area is 119 Å². The van der Waals surface area contributed by atoms with E-state index in [0.29, 0.717) is 15.1 Å². The van der Waals surface area contributed by atoms with Crippen LogP contribution in [-0.4, -0.2) is 24.9 Å². The van der Waals surface area contributed by atoms with Crippen LogP contribution in [0.25, 0.3) is 0 Å². The van der Waals surface area contributed by atoms with Crippen molar-refractivity contribution in [2.45, 2.75) is 0 Å². The van der Waals surface area contributed by atoms with Gasteiger partial charge in [-0.15, -0.1) is 0 Å². The van der Waals surface area contributed by atoms with Crippen LogP contribution in [0.5, 0.6) is 0 Å². The van der Waals surface area contributed by atoms with E-state index >= 15 is 0 Å². The van der Waals surface area contributed by atoms with Gasteiger partial charge in [0.1, 0.15) is 0 Å². The van der Waals surface area contributed by atoms with Crippen molar-refractivity contribution in [2.24, 2.45) is 0 Å². The molecular weight excluding hydrogens is 320 g/mol. The van der Waals surface area contributed by atoms with Crippen molar-refractivity contribution >= 4 is 39.3 Å². The number of hydrogen-bond acceptors (Lipinski definition) is 2. The summed E-state index contributed by atoms with van der Waals surface area (Å²) in [7, 11) is 0. The Bertz CT molecular complexity index is 477. The van der Waals surface area contributed by atoms with Gasteiger partial charge in [0.15, 0.2) is 0 Å². The lowest BCUT2D eigenvalue weighted by atomic mass is 10.2. The number of halogens is 2. The van der Waals surface area contributed by atoms with Crippen LogP contribution in [0.15, 0.2) is 40.3 Å². The van der Waals surface area contributed by atoms with Gasteiger partial charge in [0.25, 0.3) is 5.91 Å². The van der Waals surface area contributed by atoms with Gasteiger partial charge in [0.05, 0.1) is 18.7 Å². The summed E-state index contributed by atoms with van der Waals surface area (Å²) in [4.78, 5) is 23.1. The Kier molecular flexibility index (Phi) is 5.88. The Balaban J connectivity index is 2.45. The molecular formula is C12H12BrClN2O2. The lowest BCUT2D eigenvalue weighted by molar-refractivity contribution is -0.119. The summed E-state index contributed by atoms with van der Waals surface area (Å²) >= 11 is 8.76. The van der Waals surface area contributed by atoms with Gasteiger partial charge >= 0.3 is 0 Å². The van der Waals surface area contributed by atoms with E-state index < -0.39 is 0 Å². The van der Waals surface area contributed by atoms with Crippen LogP contribution in [0.3, 0.4) is 0 Å². The van der Waals surface area contributed by atoms with Crippen molar-refractivity contribution in [3.05, 3.63) is 45.9 Å². The highest BCUT2D eigenvalue weighted by Gasteiger charge is 2.10. The molecule has 1 rings (SSSR count). The van der Waals surface area contributed by atoms with E-state index in [-0.39, 0.29) is 24.9 Å². The predicted molar refractivity (Wildman–Crippen MR) is 74.5 cm³/mol. The smallest absolute Gasteiger partial charge is 0.252 e. The maximum atomic E-state index is 11.7. The lowest BCUT2D eigenvalue weighted by Crippen LogP contribution is -2.37. The van der Waals surface area contributed by atoms with E-state index in [1.807, 2.05) is 0 Å². The normalized spacial score (nSPS) is 9.67. The number of carbonyl (C=O) groups is 2. The highest BCUT2D eigenvalue weighted by molar-refractivity contribution is 9.10. The number of benzene rings is 1. The molecule has 0 atom stereocenters. The third-order valence-corrected chi connectivity index (χ3v) is 2.83. The van der Waals surface area contributed by atoms with Crippen molar-refractivity contribution in [1.82, 2.24) is 10.6 Å². The summed E-state index contributed by atoms with van der Waals surface area (Å²) in [5, 5.41) is 5.35. The molecule has 0 radical (unpaired) electrons. The van der Waals surface area contributed by atoms with Crippen LogP contribution < -0.4 is 10.6 Å². The van der Waals surface area contributed by atoms with Gasteiger partial charge in [0.2, 0.25) is 5.91 Å². The van der Waals surface area contributed by atoms with E-state index in [4.69, 9.17) is 11.6 Å². The third-order valence-electron chi connectivity index (χ3n) is 2.01. The molecule has 18 heavy (non-hydrogen) atoms. The second-order valence-electron chi connectivity index (χ2n) is 3.46. The highest BCUT2D eigenvalue weighted by atomic mass is 79.9. The molecule has 0 aromatic heterocycles. The van der Waals surface area contributed by atoms with Crippen LogP contribution in [0.2, 0.25) is 0 Å². The first kappa shape index (κ1) is 14.7. The molecule has 0 saturated carbocycles. The largest absolute Gasteiger partial charge is 0.350 e. The number of rotatable bonds is 5. The molecule has 0 spiro atoms. The van der Waals surface area contributed by atoms with Crippen molar-refractivity contribution < 1.29 is 9.59 Å². The fraction of sp³-hybridized carbons (Fsp3) is 0.167. The van der Waals surface area contributed by atoms with Gasteiger partial charge in [-0.1, -0.05) is 30.3 Å². The molecule has 4 nitrogen and oxygen atoms in total. The summed E-state index contributed by atoms with van der Waals surface area (Å²) < 4.78 is 0.678. The summed E-state index contributed by atoms with van der Waals surface area (Å²) in [6.07, 6.45) is 0. The average molecular weight is 332 g/mol. The van der Waals surface area contributed by atoms with Crippen LogP contribution >= 0.6 is 27.5 Å². The Hall–Kier alpha value is -1.33. The first-order valence-corrected chi connectivity index (χ1v) is 6.30. The molecule has 0 aliphatic carbocycles. The van der Waals surface area contributed by atoms with E-state index in [1.165, 1.54) is 0 Å². The fourth-order valence-corrected chi connectivity index (χ4v) is 1.69. The highest BCUT2D eigenvalue weighted by Crippen LogP contribution is 2.15. The van der Waals surface area contributed by atoms with Gasteiger partial charge < -0.3 is 10.6 Å². The monoisotopic (exact) mass is 330 g/mol. The minimum Gasteiger partial charge on any atom is -0.350 e. The van der Waals surface area contributed by atoms with Crippen LogP contribution in [-0.2, 0) is 4.79 Å². The molecule has 96 valence electrons. The van der Waals surface area contributed by atoms with E-state index in [2.05, 4.69) is 33.1 Å². The summed E-state index contributed by atoms with van der Waals surface area (Å²) in [5.74, 6) is -0.639. The molecule has 0 heterocycles. The predicted octanol–water partition coefficient (Wildman–Crippen LogP) is 2.05. The lowest BCUT2D eigenvalue weighted by Gasteiger charge is -2.07. The van der Waals surface area contributed by atoms with E-state index in [0.717, 1.165) is 0 Å². The van der Waals surface area contributed by atoms with Gasteiger partial charge in [-0.3, -0.25) is 9.59 Å². The van der Waals surface area contributed by atoms with Crippen molar-refractivity contribution in [1.29, 1.82) is 0 Å². The third kappa shape index (κ3) is 4.89. The molecule has 0 fully saturated rings. The Morgan fingerprint density at radius 3 is 2.50 bits per heavy atom. The minimum absolute atomic E-state index is 0.107.